The Balaban J connectivity index is 1.68. The summed E-state index contributed by atoms with van der Waals surface area (Å²) in [6.07, 6.45) is 2.69. The van der Waals surface area contributed by atoms with Gasteiger partial charge in [-0.15, -0.1) is 11.3 Å². The molecule has 1 aliphatic rings. The fourth-order valence-electron chi connectivity index (χ4n) is 1.92. The van der Waals surface area contributed by atoms with Gasteiger partial charge < -0.3 is 5.32 Å². The van der Waals surface area contributed by atoms with Crippen molar-refractivity contribution in [1.82, 2.24) is 10.3 Å². The molecule has 1 fully saturated rings. The quantitative estimate of drug-likeness (QED) is 0.881. The molecule has 0 unspecified atom stereocenters. The van der Waals surface area contributed by atoms with Crippen LogP contribution in [-0.2, 0) is 6.54 Å². The standard InChI is InChI=1S/C14H14BrFN2S/c15-10-3-4-11(12(16)5-10)13-8-19-14(18-13)7-17-6-9-1-2-9/h3-5,8-9,17H,1-2,6-7H2. The number of benzene rings is 1. The molecule has 0 aliphatic heterocycles. The highest BCUT2D eigenvalue weighted by molar-refractivity contribution is 9.10. The molecule has 3 rings (SSSR count). The van der Waals surface area contributed by atoms with Crippen molar-refractivity contribution in [2.24, 2.45) is 5.92 Å². The van der Waals surface area contributed by atoms with Crippen molar-refractivity contribution in [3.63, 3.8) is 0 Å². The van der Waals surface area contributed by atoms with Gasteiger partial charge in [0.15, 0.2) is 0 Å². The van der Waals surface area contributed by atoms with Crippen molar-refractivity contribution in [2.75, 3.05) is 6.54 Å². The fourth-order valence-corrected chi connectivity index (χ4v) is 3.02. The van der Waals surface area contributed by atoms with Crippen LogP contribution >= 0.6 is 27.3 Å². The summed E-state index contributed by atoms with van der Waals surface area (Å²) >= 11 is 4.84. The van der Waals surface area contributed by atoms with Crippen LogP contribution in [0.3, 0.4) is 0 Å². The maximum Gasteiger partial charge on any atom is 0.133 e. The Morgan fingerprint density at radius 2 is 2.26 bits per heavy atom. The Hall–Kier alpha value is -0.780. The number of thiazole rings is 1. The van der Waals surface area contributed by atoms with Crippen LogP contribution in [0.2, 0.25) is 0 Å². The molecule has 1 N–H and O–H groups in total. The van der Waals surface area contributed by atoms with Crippen LogP contribution in [-0.4, -0.2) is 11.5 Å². The molecule has 0 amide bonds. The van der Waals surface area contributed by atoms with Crippen molar-refractivity contribution in [3.05, 3.63) is 38.9 Å². The summed E-state index contributed by atoms with van der Waals surface area (Å²) in [4.78, 5) is 4.49. The monoisotopic (exact) mass is 340 g/mol. The van der Waals surface area contributed by atoms with Crippen LogP contribution in [0.5, 0.6) is 0 Å². The van der Waals surface area contributed by atoms with Gasteiger partial charge in [0.25, 0.3) is 0 Å². The highest BCUT2D eigenvalue weighted by atomic mass is 79.9. The topological polar surface area (TPSA) is 24.9 Å². The molecule has 0 radical (unpaired) electrons. The molecule has 0 bridgehead atoms. The van der Waals surface area contributed by atoms with Gasteiger partial charge in [-0.1, -0.05) is 15.9 Å². The van der Waals surface area contributed by atoms with E-state index in [9.17, 15) is 4.39 Å². The zero-order valence-corrected chi connectivity index (χ0v) is 12.7. The van der Waals surface area contributed by atoms with Gasteiger partial charge in [0, 0.05) is 22.0 Å². The summed E-state index contributed by atoms with van der Waals surface area (Å²) < 4.78 is 14.6. The molecule has 1 aromatic heterocycles. The molecule has 100 valence electrons. The third kappa shape index (κ3) is 3.41. The Bertz CT molecular complexity index is 581. The lowest BCUT2D eigenvalue weighted by molar-refractivity contribution is 0.628. The number of hydrogen-bond acceptors (Lipinski definition) is 3. The molecule has 1 heterocycles. The van der Waals surface area contributed by atoms with E-state index < -0.39 is 0 Å². The van der Waals surface area contributed by atoms with Gasteiger partial charge in [-0.05, 0) is 43.5 Å². The van der Waals surface area contributed by atoms with Crippen molar-refractivity contribution < 1.29 is 4.39 Å². The highest BCUT2D eigenvalue weighted by Crippen LogP contribution is 2.28. The molecule has 1 saturated carbocycles. The Morgan fingerprint density at radius 1 is 1.42 bits per heavy atom. The lowest BCUT2D eigenvalue weighted by Crippen LogP contribution is -2.15. The maximum absolute atomic E-state index is 13.8. The van der Waals surface area contributed by atoms with Crippen LogP contribution in [0.1, 0.15) is 17.8 Å². The third-order valence-electron chi connectivity index (χ3n) is 3.16. The first-order valence-electron chi connectivity index (χ1n) is 6.33. The Morgan fingerprint density at radius 3 is 3.00 bits per heavy atom. The molecule has 2 nitrogen and oxygen atoms in total. The first-order valence-corrected chi connectivity index (χ1v) is 8.00. The minimum Gasteiger partial charge on any atom is -0.310 e. The van der Waals surface area contributed by atoms with E-state index in [2.05, 4.69) is 26.2 Å². The van der Waals surface area contributed by atoms with Gasteiger partial charge >= 0.3 is 0 Å². The molecule has 5 heteroatoms. The normalized spacial score (nSPS) is 14.8. The number of hydrogen-bond donors (Lipinski definition) is 1. The predicted octanol–water partition coefficient (Wildman–Crippen LogP) is 4.21. The molecule has 1 aliphatic carbocycles. The minimum atomic E-state index is -0.239. The summed E-state index contributed by atoms with van der Waals surface area (Å²) in [5.41, 5.74) is 1.28. The molecular formula is C14H14BrFN2S. The first kappa shape index (κ1) is 13.2. The number of nitrogens with one attached hydrogen (secondary N) is 1. The summed E-state index contributed by atoms with van der Waals surface area (Å²) in [5, 5.41) is 6.33. The Labute approximate surface area is 124 Å². The Kier molecular flexibility index (Phi) is 3.96. The van der Waals surface area contributed by atoms with E-state index in [1.165, 1.54) is 18.9 Å². The SMILES string of the molecule is Fc1cc(Br)ccc1-c1csc(CNCC2CC2)n1. The third-order valence-corrected chi connectivity index (χ3v) is 4.51. The van der Waals surface area contributed by atoms with Gasteiger partial charge in [-0.2, -0.15) is 0 Å². The van der Waals surface area contributed by atoms with Crippen molar-refractivity contribution in [1.29, 1.82) is 0 Å². The molecule has 0 saturated heterocycles. The maximum atomic E-state index is 13.8. The number of halogens is 2. The highest BCUT2D eigenvalue weighted by Gasteiger charge is 2.20. The van der Waals surface area contributed by atoms with E-state index in [0.717, 1.165) is 34.2 Å². The van der Waals surface area contributed by atoms with E-state index in [0.29, 0.717) is 5.56 Å². The minimum absolute atomic E-state index is 0.239. The summed E-state index contributed by atoms with van der Waals surface area (Å²) in [5.74, 6) is 0.625. The van der Waals surface area contributed by atoms with E-state index in [-0.39, 0.29) is 5.82 Å². The van der Waals surface area contributed by atoms with Gasteiger partial charge in [-0.3, -0.25) is 0 Å². The number of rotatable bonds is 5. The molecule has 19 heavy (non-hydrogen) atoms. The van der Waals surface area contributed by atoms with Gasteiger partial charge in [0.2, 0.25) is 0 Å². The number of aromatic nitrogens is 1. The second-order valence-electron chi connectivity index (χ2n) is 4.82. The molecule has 0 atom stereocenters. The van der Waals surface area contributed by atoms with E-state index >= 15 is 0 Å². The summed E-state index contributed by atoms with van der Waals surface area (Å²) in [7, 11) is 0. The zero-order chi connectivity index (χ0) is 13.2. The number of nitrogens with zero attached hydrogens (tertiary/aromatic N) is 1. The largest absolute Gasteiger partial charge is 0.310 e. The van der Waals surface area contributed by atoms with Crippen LogP contribution in [0, 0.1) is 11.7 Å². The molecule has 1 aromatic carbocycles. The predicted molar refractivity (Wildman–Crippen MR) is 79.6 cm³/mol. The molecule has 2 aromatic rings. The van der Waals surface area contributed by atoms with E-state index in [1.54, 1.807) is 17.4 Å². The van der Waals surface area contributed by atoms with Crippen LogP contribution in [0.25, 0.3) is 11.3 Å². The lowest BCUT2D eigenvalue weighted by Gasteiger charge is -2.01. The van der Waals surface area contributed by atoms with Gasteiger partial charge in [0.05, 0.1) is 5.69 Å². The summed E-state index contributed by atoms with van der Waals surface area (Å²) in [6.45, 7) is 1.85. The zero-order valence-electron chi connectivity index (χ0n) is 10.3. The second-order valence-corrected chi connectivity index (χ2v) is 6.68. The van der Waals surface area contributed by atoms with Crippen LogP contribution < -0.4 is 5.32 Å². The van der Waals surface area contributed by atoms with E-state index in [1.807, 2.05) is 11.4 Å². The fraction of sp³-hybridized carbons (Fsp3) is 0.357. The average Bonchev–Trinajstić information content (AvgIpc) is 3.07. The second kappa shape index (κ2) is 5.69. The smallest absolute Gasteiger partial charge is 0.133 e. The van der Waals surface area contributed by atoms with Crippen LogP contribution in [0.4, 0.5) is 4.39 Å². The molecule has 0 spiro atoms. The van der Waals surface area contributed by atoms with E-state index in [4.69, 9.17) is 0 Å². The van der Waals surface area contributed by atoms with Crippen molar-refractivity contribution >= 4 is 27.3 Å². The van der Waals surface area contributed by atoms with Gasteiger partial charge in [-0.25, -0.2) is 9.37 Å². The van der Waals surface area contributed by atoms with Crippen molar-refractivity contribution in [2.45, 2.75) is 19.4 Å². The van der Waals surface area contributed by atoms with Gasteiger partial charge in [0.1, 0.15) is 10.8 Å². The summed E-state index contributed by atoms with van der Waals surface area (Å²) in [6, 6.07) is 5.07. The van der Waals surface area contributed by atoms with Crippen LogP contribution in [0.15, 0.2) is 28.1 Å². The lowest BCUT2D eigenvalue weighted by atomic mass is 10.1. The molecular weight excluding hydrogens is 327 g/mol. The average molecular weight is 341 g/mol. The first-order chi connectivity index (χ1) is 9.22. The van der Waals surface area contributed by atoms with Crippen molar-refractivity contribution in [3.8, 4) is 11.3 Å².